The molecule has 1 heterocycles. The number of amides is 2. The first kappa shape index (κ1) is 20.8. The van der Waals surface area contributed by atoms with E-state index in [2.05, 4.69) is 10.6 Å². The second kappa shape index (κ2) is 10.0. The number of rotatable bonds is 7. The van der Waals surface area contributed by atoms with Gasteiger partial charge in [-0.05, 0) is 18.2 Å². The molecule has 154 valence electrons. The number of benzene rings is 2. The van der Waals surface area contributed by atoms with Crippen LogP contribution in [0, 0.1) is 5.82 Å². The third-order valence-corrected chi connectivity index (χ3v) is 5.23. The van der Waals surface area contributed by atoms with Gasteiger partial charge in [0, 0.05) is 31.0 Å². The molecule has 0 bridgehead atoms. The van der Waals surface area contributed by atoms with Gasteiger partial charge in [0.2, 0.25) is 0 Å². The Morgan fingerprint density at radius 1 is 1.10 bits per heavy atom. The minimum atomic E-state index is -0.514. The molecule has 3 rings (SSSR count). The van der Waals surface area contributed by atoms with Crippen molar-refractivity contribution in [1.82, 2.24) is 10.6 Å². The third-order valence-electron chi connectivity index (χ3n) is 5.23. The predicted molar refractivity (Wildman–Crippen MR) is 107 cm³/mol. The van der Waals surface area contributed by atoms with Gasteiger partial charge in [-0.3, -0.25) is 9.59 Å². The number of halogens is 1. The fraction of sp³-hybridized carbons (Fsp3) is 0.364. The normalized spacial score (nSPS) is 18.7. The van der Waals surface area contributed by atoms with Crippen molar-refractivity contribution in [3.05, 3.63) is 65.5 Å². The summed E-state index contributed by atoms with van der Waals surface area (Å²) in [6.07, 6.45) is 1.52. The zero-order valence-corrected chi connectivity index (χ0v) is 16.5. The Balaban J connectivity index is 1.41. The number of quaternary nitrogens is 1. The van der Waals surface area contributed by atoms with Gasteiger partial charge in [0.25, 0.3) is 11.8 Å². The molecule has 2 amide bonds. The maximum Gasteiger partial charge on any atom is 0.275 e. The predicted octanol–water partition coefficient (Wildman–Crippen LogP) is 0.928. The summed E-state index contributed by atoms with van der Waals surface area (Å²) in [7, 11) is 1.61. The van der Waals surface area contributed by atoms with E-state index in [0.29, 0.717) is 13.1 Å². The highest BCUT2D eigenvalue weighted by molar-refractivity contribution is 5.94. The molecule has 0 aromatic heterocycles. The van der Waals surface area contributed by atoms with E-state index >= 15 is 0 Å². The highest BCUT2D eigenvalue weighted by Gasteiger charge is 2.25. The largest absolute Gasteiger partial charge is 0.496 e. The van der Waals surface area contributed by atoms with Crippen LogP contribution >= 0.6 is 0 Å². The number of carbonyl (C=O) groups is 2. The Kier molecular flexibility index (Phi) is 7.19. The molecule has 0 saturated carbocycles. The van der Waals surface area contributed by atoms with Gasteiger partial charge in [-0.25, -0.2) is 4.39 Å². The Morgan fingerprint density at radius 2 is 1.79 bits per heavy atom. The first-order valence-electron chi connectivity index (χ1n) is 9.84. The number of methoxy groups -OCH3 is 1. The average molecular weight is 400 g/mol. The Hall–Kier alpha value is -2.93. The van der Waals surface area contributed by atoms with E-state index in [1.54, 1.807) is 19.2 Å². The van der Waals surface area contributed by atoms with Crippen molar-refractivity contribution < 1.29 is 23.6 Å². The molecule has 0 unspecified atom stereocenters. The Labute approximate surface area is 170 Å². The molecule has 2 aromatic carbocycles. The molecule has 1 fully saturated rings. The molecular formula is C22H27FN3O3+. The monoisotopic (exact) mass is 400 g/mol. The van der Waals surface area contributed by atoms with Crippen molar-refractivity contribution in [2.75, 3.05) is 26.7 Å². The van der Waals surface area contributed by atoms with Crippen LogP contribution in [0.15, 0.2) is 48.5 Å². The zero-order valence-electron chi connectivity index (χ0n) is 16.5. The molecule has 3 N–H and O–H groups in total. The number of para-hydroxylation sites is 1. The van der Waals surface area contributed by atoms with Crippen LogP contribution in [-0.4, -0.2) is 44.6 Å². The topological polar surface area (TPSA) is 71.9 Å². The standard InChI is InChI=1S/C22H26FN3O3/c1-29-20-9-5-2-6-16(20)14-24-21(27)15-26-12-10-17(11-13-26)25-22(28)18-7-3-4-8-19(18)23/h2-9,17H,10-15H2,1H3,(H,24,27)(H,25,28)/p+1. The summed E-state index contributed by atoms with van der Waals surface area (Å²) in [6.45, 7) is 2.38. The van der Waals surface area contributed by atoms with E-state index < -0.39 is 5.82 Å². The number of nitrogens with one attached hydrogen (secondary N) is 3. The van der Waals surface area contributed by atoms with Crippen molar-refractivity contribution in [1.29, 1.82) is 0 Å². The van der Waals surface area contributed by atoms with Gasteiger partial charge in [-0.15, -0.1) is 0 Å². The SMILES string of the molecule is COc1ccccc1CNC(=O)C[NH+]1CCC(NC(=O)c2ccccc2F)CC1. The smallest absolute Gasteiger partial charge is 0.275 e. The van der Waals surface area contributed by atoms with Crippen molar-refractivity contribution >= 4 is 11.8 Å². The van der Waals surface area contributed by atoms with Crippen LogP contribution in [-0.2, 0) is 11.3 Å². The summed E-state index contributed by atoms with van der Waals surface area (Å²) < 4.78 is 19.0. The second-order valence-electron chi connectivity index (χ2n) is 7.24. The summed E-state index contributed by atoms with van der Waals surface area (Å²) in [6, 6.07) is 13.6. The molecule has 1 saturated heterocycles. The quantitative estimate of drug-likeness (QED) is 0.648. The van der Waals surface area contributed by atoms with E-state index in [0.717, 1.165) is 37.2 Å². The number of hydrogen-bond acceptors (Lipinski definition) is 3. The van der Waals surface area contributed by atoms with Crippen molar-refractivity contribution in [2.24, 2.45) is 0 Å². The molecule has 29 heavy (non-hydrogen) atoms. The van der Waals surface area contributed by atoms with E-state index in [-0.39, 0.29) is 23.4 Å². The molecule has 1 aliphatic rings. The van der Waals surface area contributed by atoms with Crippen molar-refractivity contribution in [3.8, 4) is 5.75 Å². The number of piperidine rings is 1. The third kappa shape index (κ3) is 5.77. The van der Waals surface area contributed by atoms with Crippen LogP contribution in [0.5, 0.6) is 5.75 Å². The number of hydrogen-bond donors (Lipinski definition) is 3. The van der Waals surface area contributed by atoms with E-state index in [1.165, 1.54) is 17.0 Å². The first-order chi connectivity index (χ1) is 14.1. The molecule has 1 aliphatic heterocycles. The van der Waals surface area contributed by atoms with Crippen molar-refractivity contribution in [2.45, 2.75) is 25.4 Å². The van der Waals surface area contributed by atoms with Crippen LogP contribution in [0.4, 0.5) is 4.39 Å². The lowest BCUT2D eigenvalue weighted by Gasteiger charge is -2.29. The van der Waals surface area contributed by atoms with Crippen LogP contribution in [0.2, 0.25) is 0 Å². The highest BCUT2D eigenvalue weighted by atomic mass is 19.1. The summed E-state index contributed by atoms with van der Waals surface area (Å²) in [5.41, 5.74) is 1.01. The summed E-state index contributed by atoms with van der Waals surface area (Å²) in [5.74, 6) is -0.155. The lowest BCUT2D eigenvalue weighted by Crippen LogP contribution is -3.14. The molecule has 0 aliphatic carbocycles. The number of ether oxygens (including phenoxy) is 1. The van der Waals surface area contributed by atoms with Gasteiger partial charge in [0.15, 0.2) is 6.54 Å². The van der Waals surface area contributed by atoms with Gasteiger partial charge in [0.1, 0.15) is 11.6 Å². The minimum Gasteiger partial charge on any atom is -0.496 e. The Morgan fingerprint density at radius 3 is 2.52 bits per heavy atom. The number of likely N-dealkylation sites (tertiary alicyclic amines) is 1. The van der Waals surface area contributed by atoms with Crippen LogP contribution < -0.4 is 20.3 Å². The van der Waals surface area contributed by atoms with Gasteiger partial charge in [-0.2, -0.15) is 0 Å². The van der Waals surface area contributed by atoms with Gasteiger partial charge in [0.05, 0.1) is 25.8 Å². The van der Waals surface area contributed by atoms with E-state index in [9.17, 15) is 14.0 Å². The highest BCUT2D eigenvalue weighted by Crippen LogP contribution is 2.16. The zero-order chi connectivity index (χ0) is 20.6. The van der Waals surface area contributed by atoms with Crippen LogP contribution in [0.25, 0.3) is 0 Å². The van der Waals surface area contributed by atoms with Gasteiger partial charge >= 0.3 is 0 Å². The fourth-order valence-corrected chi connectivity index (χ4v) is 3.59. The first-order valence-corrected chi connectivity index (χ1v) is 9.84. The summed E-state index contributed by atoms with van der Waals surface area (Å²) >= 11 is 0. The number of carbonyl (C=O) groups excluding carboxylic acids is 2. The van der Waals surface area contributed by atoms with Gasteiger partial charge in [-0.1, -0.05) is 30.3 Å². The van der Waals surface area contributed by atoms with Crippen molar-refractivity contribution in [3.63, 3.8) is 0 Å². The molecule has 0 radical (unpaired) electrons. The summed E-state index contributed by atoms with van der Waals surface area (Å²) in [4.78, 5) is 25.7. The van der Waals surface area contributed by atoms with Crippen LogP contribution in [0.3, 0.4) is 0 Å². The molecule has 0 spiro atoms. The maximum atomic E-state index is 13.7. The molecule has 2 aromatic rings. The van der Waals surface area contributed by atoms with E-state index in [1.807, 2.05) is 24.3 Å². The maximum absolute atomic E-state index is 13.7. The fourth-order valence-electron chi connectivity index (χ4n) is 3.59. The lowest BCUT2D eigenvalue weighted by molar-refractivity contribution is -0.897. The minimum absolute atomic E-state index is 0.00231. The average Bonchev–Trinajstić information content (AvgIpc) is 2.74. The van der Waals surface area contributed by atoms with Crippen LogP contribution in [0.1, 0.15) is 28.8 Å². The molecule has 7 heteroatoms. The molecule has 6 nitrogen and oxygen atoms in total. The van der Waals surface area contributed by atoms with Gasteiger partial charge < -0.3 is 20.3 Å². The van der Waals surface area contributed by atoms with E-state index in [4.69, 9.17) is 4.74 Å². The lowest BCUT2D eigenvalue weighted by atomic mass is 10.0. The Bertz CT molecular complexity index is 851. The molecule has 0 atom stereocenters. The second-order valence-corrected chi connectivity index (χ2v) is 7.24. The summed E-state index contributed by atoms with van der Waals surface area (Å²) in [5, 5.41) is 5.84. The molecular weight excluding hydrogens is 373 g/mol.